The molecule has 0 bridgehead atoms. The monoisotopic (exact) mass is 275 g/mol. The SMILES string of the molecule is CN1CC(C(=O)O)S(=O)(=O)c2ccc(Cl)cc21. The largest absolute Gasteiger partial charge is 0.480 e. The van der Waals surface area contributed by atoms with Gasteiger partial charge in [0.1, 0.15) is 0 Å². The number of carboxylic acid groups (broad SMARTS) is 1. The lowest BCUT2D eigenvalue weighted by Crippen LogP contribution is -2.45. The molecule has 5 nitrogen and oxygen atoms in total. The average molecular weight is 276 g/mol. The number of carboxylic acids is 1. The van der Waals surface area contributed by atoms with E-state index in [0.717, 1.165) is 0 Å². The second-order valence-electron chi connectivity index (χ2n) is 3.86. The van der Waals surface area contributed by atoms with Gasteiger partial charge in [0.25, 0.3) is 0 Å². The number of sulfone groups is 1. The van der Waals surface area contributed by atoms with Crippen molar-refractivity contribution in [2.24, 2.45) is 0 Å². The van der Waals surface area contributed by atoms with Crippen molar-refractivity contribution in [1.29, 1.82) is 0 Å². The first kappa shape index (κ1) is 12.2. The summed E-state index contributed by atoms with van der Waals surface area (Å²) >= 11 is 5.80. The minimum Gasteiger partial charge on any atom is -0.480 e. The Hall–Kier alpha value is -1.27. The van der Waals surface area contributed by atoms with E-state index in [1.54, 1.807) is 11.9 Å². The zero-order valence-electron chi connectivity index (χ0n) is 8.92. The van der Waals surface area contributed by atoms with E-state index in [-0.39, 0.29) is 11.4 Å². The van der Waals surface area contributed by atoms with Gasteiger partial charge in [-0.1, -0.05) is 11.6 Å². The van der Waals surface area contributed by atoms with Crippen LogP contribution < -0.4 is 4.90 Å². The number of hydrogen-bond acceptors (Lipinski definition) is 4. The average Bonchev–Trinajstić information content (AvgIpc) is 2.22. The molecule has 0 aromatic heterocycles. The van der Waals surface area contributed by atoms with Crippen molar-refractivity contribution in [2.45, 2.75) is 10.1 Å². The van der Waals surface area contributed by atoms with Crippen LogP contribution in [0.1, 0.15) is 0 Å². The van der Waals surface area contributed by atoms with Gasteiger partial charge in [0, 0.05) is 18.6 Å². The summed E-state index contributed by atoms with van der Waals surface area (Å²) in [6, 6.07) is 4.31. The highest BCUT2D eigenvalue weighted by molar-refractivity contribution is 7.93. The minimum atomic E-state index is -3.83. The maximum absolute atomic E-state index is 12.1. The Morgan fingerprint density at radius 3 is 2.76 bits per heavy atom. The van der Waals surface area contributed by atoms with Crippen LogP contribution in [0.2, 0.25) is 5.02 Å². The zero-order valence-corrected chi connectivity index (χ0v) is 10.5. The quantitative estimate of drug-likeness (QED) is 0.828. The summed E-state index contributed by atoms with van der Waals surface area (Å²) in [5.41, 5.74) is 0.440. The maximum atomic E-state index is 12.1. The van der Waals surface area contributed by atoms with Crippen molar-refractivity contribution in [2.75, 3.05) is 18.5 Å². The minimum absolute atomic E-state index is 0.0167. The summed E-state index contributed by atoms with van der Waals surface area (Å²) in [5, 5.41) is 7.93. The summed E-state index contributed by atoms with van der Waals surface area (Å²) in [5.74, 6) is -1.34. The number of nitrogens with zero attached hydrogens (tertiary/aromatic N) is 1. The molecule has 0 spiro atoms. The number of anilines is 1. The highest BCUT2D eigenvalue weighted by Crippen LogP contribution is 2.34. The number of halogens is 1. The van der Waals surface area contributed by atoms with Gasteiger partial charge in [-0.05, 0) is 18.2 Å². The normalized spacial score (nSPS) is 22.0. The molecule has 17 heavy (non-hydrogen) atoms. The standard InChI is InChI=1S/C10H10ClNO4S/c1-12-5-9(10(13)14)17(15,16)8-3-2-6(11)4-7(8)12/h2-4,9H,5H2,1H3,(H,13,14). The van der Waals surface area contributed by atoms with E-state index in [2.05, 4.69) is 0 Å². The number of aliphatic carboxylic acids is 1. The highest BCUT2D eigenvalue weighted by Gasteiger charge is 2.41. The Bertz CT molecular complexity index is 584. The molecule has 1 atom stereocenters. The molecule has 1 heterocycles. The van der Waals surface area contributed by atoms with Gasteiger partial charge in [-0.25, -0.2) is 8.42 Å². The van der Waals surface area contributed by atoms with E-state index in [4.69, 9.17) is 16.7 Å². The molecule has 1 N–H and O–H groups in total. The van der Waals surface area contributed by atoms with Crippen LogP contribution in [0.5, 0.6) is 0 Å². The topological polar surface area (TPSA) is 74.7 Å². The van der Waals surface area contributed by atoms with Gasteiger partial charge < -0.3 is 10.0 Å². The van der Waals surface area contributed by atoms with Crippen LogP contribution in [0.15, 0.2) is 23.1 Å². The molecule has 1 aliphatic heterocycles. The smallest absolute Gasteiger partial charge is 0.324 e. The van der Waals surface area contributed by atoms with Crippen LogP contribution in [0.3, 0.4) is 0 Å². The van der Waals surface area contributed by atoms with Crippen LogP contribution in [-0.4, -0.2) is 38.3 Å². The third-order valence-electron chi connectivity index (χ3n) is 2.73. The Morgan fingerprint density at radius 1 is 1.53 bits per heavy atom. The highest BCUT2D eigenvalue weighted by atomic mass is 35.5. The van der Waals surface area contributed by atoms with Crippen molar-refractivity contribution in [1.82, 2.24) is 0 Å². The van der Waals surface area contributed by atoms with Gasteiger partial charge in [-0.3, -0.25) is 4.79 Å². The van der Waals surface area contributed by atoms with Crippen LogP contribution in [0.25, 0.3) is 0 Å². The second kappa shape index (κ2) is 3.89. The molecule has 0 aliphatic carbocycles. The molecule has 0 amide bonds. The Kier molecular flexibility index (Phi) is 2.79. The molecule has 1 aromatic carbocycles. The van der Waals surface area contributed by atoms with E-state index in [1.807, 2.05) is 0 Å². The number of carbonyl (C=O) groups is 1. The van der Waals surface area contributed by atoms with Crippen LogP contribution in [0.4, 0.5) is 5.69 Å². The molecule has 92 valence electrons. The van der Waals surface area contributed by atoms with E-state index >= 15 is 0 Å². The summed E-state index contributed by atoms with van der Waals surface area (Å²) < 4.78 is 24.1. The van der Waals surface area contributed by atoms with Crippen molar-refractivity contribution in [3.63, 3.8) is 0 Å². The molecule has 1 unspecified atom stereocenters. The van der Waals surface area contributed by atoms with Crippen LogP contribution in [-0.2, 0) is 14.6 Å². The predicted octanol–water partition coefficient (Wildman–Crippen LogP) is 1.02. The van der Waals surface area contributed by atoms with E-state index in [9.17, 15) is 13.2 Å². The first-order valence-electron chi connectivity index (χ1n) is 4.81. The fraction of sp³-hybridized carbons (Fsp3) is 0.300. The van der Waals surface area contributed by atoms with E-state index in [1.165, 1.54) is 18.2 Å². The van der Waals surface area contributed by atoms with Crippen molar-refractivity contribution in [3.05, 3.63) is 23.2 Å². The van der Waals surface area contributed by atoms with Crippen molar-refractivity contribution in [3.8, 4) is 0 Å². The Balaban J connectivity index is 2.67. The lowest BCUT2D eigenvalue weighted by Gasteiger charge is -2.31. The number of rotatable bonds is 1. The van der Waals surface area contributed by atoms with Gasteiger partial charge in [-0.15, -0.1) is 0 Å². The number of benzene rings is 1. The maximum Gasteiger partial charge on any atom is 0.324 e. The number of hydrogen-bond donors (Lipinski definition) is 1. The molecule has 0 radical (unpaired) electrons. The van der Waals surface area contributed by atoms with Gasteiger partial charge in [0.2, 0.25) is 0 Å². The summed E-state index contributed by atoms with van der Waals surface area (Å²) in [4.78, 5) is 12.6. The second-order valence-corrected chi connectivity index (χ2v) is 6.40. The Labute approximate surface area is 104 Å². The van der Waals surface area contributed by atoms with Gasteiger partial charge in [-0.2, -0.15) is 0 Å². The molecule has 1 aromatic rings. The lowest BCUT2D eigenvalue weighted by atomic mass is 10.2. The zero-order chi connectivity index (χ0) is 12.8. The molecular weight excluding hydrogens is 266 g/mol. The summed E-state index contributed by atoms with van der Waals surface area (Å²) in [7, 11) is -2.19. The van der Waals surface area contributed by atoms with Crippen LogP contribution in [0, 0.1) is 0 Å². The molecule has 0 saturated carbocycles. The molecule has 0 saturated heterocycles. The third-order valence-corrected chi connectivity index (χ3v) is 5.02. The first-order valence-corrected chi connectivity index (χ1v) is 6.74. The van der Waals surface area contributed by atoms with E-state index in [0.29, 0.717) is 10.7 Å². The number of fused-ring (bicyclic) bond motifs is 1. The molecular formula is C10H10ClNO4S. The summed E-state index contributed by atoms with van der Waals surface area (Å²) in [6.45, 7) is -0.0784. The van der Waals surface area contributed by atoms with Crippen molar-refractivity contribution < 1.29 is 18.3 Å². The van der Waals surface area contributed by atoms with Gasteiger partial charge in [0.05, 0.1) is 10.6 Å². The Morgan fingerprint density at radius 2 is 2.18 bits per heavy atom. The van der Waals surface area contributed by atoms with Gasteiger partial charge in [0.15, 0.2) is 15.1 Å². The molecule has 0 fully saturated rings. The van der Waals surface area contributed by atoms with E-state index < -0.39 is 21.1 Å². The van der Waals surface area contributed by atoms with Crippen molar-refractivity contribution >= 4 is 33.1 Å². The van der Waals surface area contributed by atoms with Crippen LogP contribution >= 0.6 is 11.6 Å². The van der Waals surface area contributed by atoms with Gasteiger partial charge >= 0.3 is 5.97 Å². The lowest BCUT2D eigenvalue weighted by molar-refractivity contribution is -0.136. The first-order chi connectivity index (χ1) is 7.84. The fourth-order valence-electron chi connectivity index (χ4n) is 1.84. The third kappa shape index (κ3) is 1.87. The molecule has 7 heteroatoms. The summed E-state index contributed by atoms with van der Waals surface area (Å²) in [6.07, 6.45) is 0. The molecule has 2 rings (SSSR count). The fourth-order valence-corrected chi connectivity index (χ4v) is 3.76. The molecule has 1 aliphatic rings. The predicted molar refractivity (Wildman–Crippen MR) is 63.3 cm³/mol.